The van der Waals surface area contributed by atoms with Crippen molar-refractivity contribution in [3.63, 3.8) is 0 Å². The Bertz CT molecular complexity index is 950. The van der Waals surface area contributed by atoms with Gasteiger partial charge in [-0.2, -0.15) is 0 Å². The van der Waals surface area contributed by atoms with Crippen LogP contribution >= 0.6 is 11.3 Å². The maximum atomic E-state index is 12.3. The molecule has 0 unspecified atom stereocenters. The molecular formula is C19H13N2O4S-. The van der Waals surface area contributed by atoms with Gasteiger partial charge in [-0.25, -0.2) is 0 Å². The normalized spacial score (nSPS) is 10.2. The molecule has 0 fully saturated rings. The van der Waals surface area contributed by atoms with Gasteiger partial charge in [0.25, 0.3) is 11.8 Å². The molecule has 0 saturated carbocycles. The molecule has 0 aliphatic carbocycles. The summed E-state index contributed by atoms with van der Waals surface area (Å²) in [5.74, 6) is -1.92. The van der Waals surface area contributed by atoms with Crippen LogP contribution in [0, 0.1) is 0 Å². The average molecular weight is 365 g/mol. The van der Waals surface area contributed by atoms with E-state index in [1.54, 1.807) is 42.5 Å². The molecule has 2 aromatic carbocycles. The maximum Gasteiger partial charge on any atom is 0.265 e. The van der Waals surface area contributed by atoms with Gasteiger partial charge in [0, 0.05) is 16.9 Å². The summed E-state index contributed by atoms with van der Waals surface area (Å²) in [6, 6.07) is 15.7. The van der Waals surface area contributed by atoms with Crippen molar-refractivity contribution in [1.82, 2.24) is 0 Å². The fourth-order valence-electron chi connectivity index (χ4n) is 2.23. The van der Waals surface area contributed by atoms with Crippen LogP contribution in [0.2, 0.25) is 0 Å². The van der Waals surface area contributed by atoms with Gasteiger partial charge in [-0.3, -0.25) is 9.59 Å². The predicted octanol–water partition coefficient (Wildman–Crippen LogP) is 2.62. The highest BCUT2D eigenvalue weighted by Gasteiger charge is 2.09. The van der Waals surface area contributed by atoms with Crippen molar-refractivity contribution in [2.45, 2.75) is 0 Å². The van der Waals surface area contributed by atoms with Crippen LogP contribution in [-0.4, -0.2) is 17.8 Å². The second-order valence-electron chi connectivity index (χ2n) is 5.33. The molecule has 7 heteroatoms. The highest BCUT2D eigenvalue weighted by atomic mass is 32.1. The smallest absolute Gasteiger partial charge is 0.265 e. The number of benzene rings is 2. The number of anilines is 2. The Balaban J connectivity index is 1.66. The molecule has 0 spiro atoms. The summed E-state index contributed by atoms with van der Waals surface area (Å²) in [4.78, 5) is 35.7. The SMILES string of the molecule is O=C([O-])c1cccc(NC(=O)c2ccc(NC(=O)c3cccs3)cc2)c1. The zero-order valence-electron chi connectivity index (χ0n) is 13.4. The number of carboxylic acids is 1. The summed E-state index contributed by atoms with van der Waals surface area (Å²) in [5, 5.41) is 18.0. The molecule has 3 rings (SSSR count). The molecule has 0 aliphatic heterocycles. The van der Waals surface area contributed by atoms with E-state index in [0.717, 1.165) is 0 Å². The third-order valence-electron chi connectivity index (χ3n) is 3.51. The molecule has 0 aliphatic rings. The second-order valence-corrected chi connectivity index (χ2v) is 6.28. The van der Waals surface area contributed by atoms with Gasteiger partial charge in [-0.1, -0.05) is 18.2 Å². The Labute approximate surface area is 153 Å². The number of aromatic carboxylic acids is 1. The van der Waals surface area contributed by atoms with Crippen LogP contribution < -0.4 is 15.7 Å². The van der Waals surface area contributed by atoms with E-state index < -0.39 is 11.9 Å². The molecule has 130 valence electrons. The van der Waals surface area contributed by atoms with E-state index in [1.807, 2.05) is 5.38 Å². The Kier molecular flexibility index (Phi) is 5.09. The summed E-state index contributed by atoms with van der Waals surface area (Å²) in [6.45, 7) is 0. The van der Waals surface area contributed by atoms with Gasteiger partial charge in [0.15, 0.2) is 0 Å². The lowest BCUT2D eigenvalue weighted by Crippen LogP contribution is -2.22. The third-order valence-corrected chi connectivity index (χ3v) is 4.37. The molecule has 3 aromatic rings. The van der Waals surface area contributed by atoms with Crippen LogP contribution in [0.5, 0.6) is 0 Å². The molecule has 6 nitrogen and oxygen atoms in total. The molecule has 2 N–H and O–H groups in total. The Morgan fingerprint density at radius 1 is 0.769 bits per heavy atom. The van der Waals surface area contributed by atoms with Crippen molar-refractivity contribution in [1.29, 1.82) is 0 Å². The zero-order chi connectivity index (χ0) is 18.5. The van der Waals surface area contributed by atoms with Crippen LogP contribution in [-0.2, 0) is 0 Å². The second kappa shape index (κ2) is 7.62. The standard InChI is InChI=1S/C19H14N2O4S/c22-17(21-15-4-1-3-13(11-15)19(24)25)12-6-8-14(9-7-12)20-18(23)16-5-2-10-26-16/h1-11H,(H,20,23)(H,21,22)(H,24,25)/p-1. The molecule has 0 atom stereocenters. The van der Waals surface area contributed by atoms with Crippen LogP contribution in [0.4, 0.5) is 11.4 Å². The number of nitrogens with one attached hydrogen (secondary N) is 2. The molecule has 0 saturated heterocycles. The van der Waals surface area contributed by atoms with Gasteiger partial charge >= 0.3 is 0 Å². The first-order valence-corrected chi connectivity index (χ1v) is 8.48. The summed E-state index contributed by atoms with van der Waals surface area (Å²) in [6.07, 6.45) is 0. The highest BCUT2D eigenvalue weighted by molar-refractivity contribution is 7.12. The van der Waals surface area contributed by atoms with E-state index in [-0.39, 0.29) is 11.5 Å². The number of carbonyl (C=O) groups excluding carboxylic acids is 3. The van der Waals surface area contributed by atoms with Crippen molar-refractivity contribution < 1.29 is 19.5 Å². The topological polar surface area (TPSA) is 98.3 Å². The van der Waals surface area contributed by atoms with Gasteiger partial charge in [0.2, 0.25) is 0 Å². The largest absolute Gasteiger partial charge is 0.545 e. The molecule has 0 bridgehead atoms. The predicted molar refractivity (Wildman–Crippen MR) is 97.4 cm³/mol. The van der Waals surface area contributed by atoms with Gasteiger partial charge in [0.1, 0.15) is 0 Å². The van der Waals surface area contributed by atoms with E-state index in [1.165, 1.54) is 29.5 Å². The molecule has 0 radical (unpaired) electrons. The van der Waals surface area contributed by atoms with Crippen molar-refractivity contribution in [2.24, 2.45) is 0 Å². The van der Waals surface area contributed by atoms with Crippen LogP contribution in [0.25, 0.3) is 0 Å². The van der Waals surface area contributed by atoms with E-state index in [2.05, 4.69) is 10.6 Å². The Hall–Kier alpha value is -3.45. The van der Waals surface area contributed by atoms with Gasteiger partial charge < -0.3 is 20.5 Å². The number of carbonyl (C=O) groups is 3. The van der Waals surface area contributed by atoms with Crippen LogP contribution in [0.15, 0.2) is 66.0 Å². The lowest BCUT2D eigenvalue weighted by Gasteiger charge is -2.09. The lowest BCUT2D eigenvalue weighted by atomic mass is 10.1. The van der Waals surface area contributed by atoms with Crippen molar-refractivity contribution >= 4 is 40.5 Å². The first-order valence-electron chi connectivity index (χ1n) is 7.60. The molecular weight excluding hydrogens is 352 g/mol. The third kappa shape index (κ3) is 4.14. The van der Waals surface area contributed by atoms with Gasteiger partial charge in [-0.15, -0.1) is 11.3 Å². The van der Waals surface area contributed by atoms with Crippen molar-refractivity contribution in [2.75, 3.05) is 10.6 Å². The number of carboxylic acid groups (broad SMARTS) is 1. The van der Waals surface area contributed by atoms with Crippen molar-refractivity contribution in [3.8, 4) is 0 Å². The number of amides is 2. The van der Waals surface area contributed by atoms with Crippen LogP contribution in [0.1, 0.15) is 30.4 Å². The first-order chi connectivity index (χ1) is 12.5. The minimum atomic E-state index is -1.31. The number of hydrogen-bond acceptors (Lipinski definition) is 5. The molecule has 26 heavy (non-hydrogen) atoms. The lowest BCUT2D eigenvalue weighted by molar-refractivity contribution is -0.255. The average Bonchev–Trinajstić information content (AvgIpc) is 3.17. The zero-order valence-corrected chi connectivity index (χ0v) is 14.2. The summed E-state index contributed by atoms with van der Waals surface area (Å²) >= 11 is 1.34. The monoisotopic (exact) mass is 365 g/mol. The molecule has 1 heterocycles. The minimum absolute atomic E-state index is 0.0190. The van der Waals surface area contributed by atoms with Crippen molar-refractivity contribution in [3.05, 3.63) is 82.0 Å². The highest BCUT2D eigenvalue weighted by Crippen LogP contribution is 2.16. The maximum absolute atomic E-state index is 12.3. The number of hydrogen-bond donors (Lipinski definition) is 2. The first kappa shape index (κ1) is 17.4. The van der Waals surface area contributed by atoms with E-state index in [9.17, 15) is 19.5 Å². The minimum Gasteiger partial charge on any atom is -0.545 e. The summed E-state index contributed by atoms with van der Waals surface area (Å²) in [5.41, 5.74) is 1.28. The summed E-state index contributed by atoms with van der Waals surface area (Å²) < 4.78 is 0. The quantitative estimate of drug-likeness (QED) is 0.726. The Morgan fingerprint density at radius 2 is 1.50 bits per heavy atom. The Morgan fingerprint density at radius 3 is 2.15 bits per heavy atom. The molecule has 1 aromatic heterocycles. The fourth-order valence-corrected chi connectivity index (χ4v) is 2.85. The van der Waals surface area contributed by atoms with E-state index in [4.69, 9.17) is 0 Å². The van der Waals surface area contributed by atoms with E-state index in [0.29, 0.717) is 21.8 Å². The van der Waals surface area contributed by atoms with Gasteiger partial charge in [-0.05, 0) is 53.4 Å². The van der Waals surface area contributed by atoms with Crippen LogP contribution in [0.3, 0.4) is 0 Å². The fraction of sp³-hybridized carbons (Fsp3) is 0. The molecule has 2 amide bonds. The van der Waals surface area contributed by atoms with Gasteiger partial charge in [0.05, 0.1) is 10.8 Å². The number of rotatable bonds is 5. The number of thiophene rings is 1. The summed E-state index contributed by atoms with van der Waals surface area (Å²) in [7, 11) is 0. The van der Waals surface area contributed by atoms with E-state index >= 15 is 0 Å².